The van der Waals surface area contributed by atoms with Crippen LogP contribution < -0.4 is 5.32 Å². The Morgan fingerprint density at radius 1 is 1.30 bits per heavy atom. The standard InChI is InChI=1S/C17H28N2O/c1-13(2)7-18-8-14-6-17(20-12-14)11-19-9-15-4-3-5-16(15)10-19/h6,12-13,15-16,18H,3-5,7-11H2,1-2H3. The van der Waals surface area contributed by atoms with Crippen molar-refractivity contribution in [3.05, 3.63) is 23.7 Å². The summed E-state index contributed by atoms with van der Waals surface area (Å²) >= 11 is 0. The first-order valence-corrected chi connectivity index (χ1v) is 8.20. The number of nitrogens with one attached hydrogen (secondary N) is 1. The lowest BCUT2D eigenvalue weighted by Gasteiger charge is -2.14. The molecule has 2 aliphatic rings. The molecule has 1 aromatic rings. The summed E-state index contributed by atoms with van der Waals surface area (Å²) in [4.78, 5) is 2.58. The Labute approximate surface area is 122 Å². The quantitative estimate of drug-likeness (QED) is 0.864. The van der Waals surface area contributed by atoms with Crippen LogP contribution in [-0.2, 0) is 13.1 Å². The van der Waals surface area contributed by atoms with Crippen LogP contribution in [0.3, 0.4) is 0 Å². The Hall–Kier alpha value is -0.800. The summed E-state index contributed by atoms with van der Waals surface area (Å²) in [5.74, 6) is 3.77. The smallest absolute Gasteiger partial charge is 0.118 e. The molecular formula is C17H28N2O. The van der Waals surface area contributed by atoms with Crippen LogP contribution in [0, 0.1) is 17.8 Å². The highest BCUT2D eigenvalue weighted by Crippen LogP contribution is 2.38. The second-order valence-corrected chi connectivity index (χ2v) is 7.09. The molecule has 0 radical (unpaired) electrons. The van der Waals surface area contributed by atoms with Crippen molar-refractivity contribution >= 4 is 0 Å². The van der Waals surface area contributed by atoms with Crippen LogP contribution in [0.4, 0.5) is 0 Å². The van der Waals surface area contributed by atoms with Crippen LogP contribution in [0.2, 0.25) is 0 Å². The van der Waals surface area contributed by atoms with Crippen molar-refractivity contribution < 1.29 is 4.42 Å². The van der Waals surface area contributed by atoms with E-state index in [1.54, 1.807) is 0 Å². The number of furan rings is 1. The highest BCUT2D eigenvalue weighted by atomic mass is 16.3. The fourth-order valence-electron chi connectivity index (χ4n) is 3.79. The van der Waals surface area contributed by atoms with Crippen LogP contribution in [0.1, 0.15) is 44.4 Å². The van der Waals surface area contributed by atoms with E-state index in [0.717, 1.165) is 37.2 Å². The lowest BCUT2D eigenvalue weighted by Crippen LogP contribution is -2.20. The average molecular weight is 276 g/mol. The summed E-state index contributed by atoms with van der Waals surface area (Å²) in [6.45, 7) is 10.0. The molecule has 3 nitrogen and oxygen atoms in total. The third kappa shape index (κ3) is 3.44. The maximum atomic E-state index is 5.72. The molecule has 2 unspecified atom stereocenters. The predicted octanol–water partition coefficient (Wildman–Crippen LogP) is 3.26. The van der Waals surface area contributed by atoms with Crippen LogP contribution in [-0.4, -0.2) is 24.5 Å². The first-order valence-electron chi connectivity index (χ1n) is 8.20. The van der Waals surface area contributed by atoms with Gasteiger partial charge < -0.3 is 9.73 Å². The molecule has 3 rings (SSSR count). The van der Waals surface area contributed by atoms with Gasteiger partial charge in [0, 0.05) is 25.2 Å². The SMILES string of the molecule is CC(C)CNCc1coc(CN2CC3CCCC3C2)c1. The molecule has 1 aliphatic heterocycles. The molecule has 20 heavy (non-hydrogen) atoms. The summed E-state index contributed by atoms with van der Waals surface area (Å²) in [7, 11) is 0. The average Bonchev–Trinajstić information content (AvgIpc) is 3.05. The fraction of sp³-hybridized carbons (Fsp3) is 0.765. The van der Waals surface area contributed by atoms with Crippen molar-refractivity contribution in [2.24, 2.45) is 17.8 Å². The zero-order chi connectivity index (χ0) is 13.9. The molecule has 1 N–H and O–H groups in total. The molecule has 0 aromatic carbocycles. The van der Waals surface area contributed by atoms with E-state index in [9.17, 15) is 0 Å². The summed E-state index contributed by atoms with van der Waals surface area (Å²) in [6.07, 6.45) is 6.27. The molecule has 1 saturated carbocycles. The Morgan fingerprint density at radius 3 is 2.75 bits per heavy atom. The zero-order valence-electron chi connectivity index (χ0n) is 12.9. The van der Waals surface area contributed by atoms with E-state index in [0.29, 0.717) is 5.92 Å². The van der Waals surface area contributed by atoms with Gasteiger partial charge in [0.25, 0.3) is 0 Å². The van der Waals surface area contributed by atoms with Crippen molar-refractivity contribution in [2.75, 3.05) is 19.6 Å². The Kier molecular flexibility index (Phi) is 4.47. The van der Waals surface area contributed by atoms with E-state index in [4.69, 9.17) is 4.42 Å². The molecule has 1 saturated heterocycles. The van der Waals surface area contributed by atoms with Gasteiger partial charge in [-0.25, -0.2) is 0 Å². The highest BCUT2D eigenvalue weighted by Gasteiger charge is 2.36. The summed E-state index contributed by atoms with van der Waals surface area (Å²) in [6, 6.07) is 2.22. The molecule has 0 bridgehead atoms. The Balaban J connectivity index is 1.45. The first kappa shape index (κ1) is 14.2. The van der Waals surface area contributed by atoms with Crippen LogP contribution >= 0.6 is 0 Å². The molecule has 0 spiro atoms. The van der Waals surface area contributed by atoms with Gasteiger partial charge in [0.2, 0.25) is 0 Å². The van der Waals surface area contributed by atoms with Gasteiger partial charge in [-0.2, -0.15) is 0 Å². The second-order valence-electron chi connectivity index (χ2n) is 7.09. The first-order chi connectivity index (χ1) is 9.70. The normalized spacial score (nSPS) is 26.6. The monoisotopic (exact) mass is 276 g/mol. The Bertz CT molecular complexity index is 414. The lowest BCUT2D eigenvalue weighted by molar-refractivity contribution is 0.276. The van der Waals surface area contributed by atoms with E-state index in [-0.39, 0.29) is 0 Å². The molecule has 2 fully saturated rings. The largest absolute Gasteiger partial charge is 0.468 e. The van der Waals surface area contributed by atoms with E-state index < -0.39 is 0 Å². The van der Waals surface area contributed by atoms with Gasteiger partial charge in [-0.15, -0.1) is 0 Å². The molecule has 2 atom stereocenters. The Morgan fingerprint density at radius 2 is 2.05 bits per heavy atom. The molecule has 112 valence electrons. The van der Waals surface area contributed by atoms with E-state index in [2.05, 4.69) is 30.1 Å². The summed E-state index contributed by atoms with van der Waals surface area (Å²) in [5.41, 5.74) is 1.28. The lowest BCUT2D eigenvalue weighted by atomic mass is 10.0. The van der Waals surface area contributed by atoms with Crippen molar-refractivity contribution in [2.45, 2.75) is 46.2 Å². The second kappa shape index (κ2) is 6.31. The van der Waals surface area contributed by atoms with Crippen molar-refractivity contribution in [3.8, 4) is 0 Å². The van der Waals surface area contributed by atoms with E-state index >= 15 is 0 Å². The van der Waals surface area contributed by atoms with Crippen LogP contribution in [0.15, 0.2) is 16.7 Å². The molecule has 0 amide bonds. The van der Waals surface area contributed by atoms with E-state index in [1.165, 1.54) is 37.9 Å². The molecule has 3 heteroatoms. The number of hydrogen-bond donors (Lipinski definition) is 1. The number of hydrogen-bond acceptors (Lipinski definition) is 3. The predicted molar refractivity (Wildman–Crippen MR) is 81.4 cm³/mol. The molecule has 1 aromatic heterocycles. The van der Waals surface area contributed by atoms with Gasteiger partial charge in [-0.1, -0.05) is 20.3 Å². The minimum absolute atomic E-state index is 0.699. The highest BCUT2D eigenvalue weighted by molar-refractivity contribution is 5.13. The summed E-state index contributed by atoms with van der Waals surface area (Å²) < 4.78 is 5.72. The number of fused-ring (bicyclic) bond motifs is 1. The van der Waals surface area contributed by atoms with Gasteiger partial charge in [0.1, 0.15) is 5.76 Å². The molecular weight excluding hydrogens is 248 g/mol. The van der Waals surface area contributed by atoms with Gasteiger partial charge in [0.15, 0.2) is 0 Å². The maximum Gasteiger partial charge on any atom is 0.118 e. The van der Waals surface area contributed by atoms with Crippen molar-refractivity contribution in [3.63, 3.8) is 0 Å². The van der Waals surface area contributed by atoms with Gasteiger partial charge >= 0.3 is 0 Å². The topological polar surface area (TPSA) is 28.4 Å². The van der Waals surface area contributed by atoms with Gasteiger partial charge in [-0.3, -0.25) is 4.90 Å². The van der Waals surface area contributed by atoms with E-state index in [1.807, 2.05) is 6.26 Å². The summed E-state index contributed by atoms with van der Waals surface area (Å²) in [5, 5.41) is 3.47. The fourth-order valence-corrected chi connectivity index (χ4v) is 3.79. The minimum atomic E-state index is 0.699. The number of nitrogens with zero attached hydrogens (tertiary/aromatic N) is 1. The third-order valence-electron chi connectivity index (χ3n) is 4.77. The van der Waals surface area contributed by atoms with Crippen LogP contribution in [0.25, 0.3) is 0 Å². The van der Waals surface area contributed by atoms with Gasteiger partial charge in [0.05, 0.1) is 12.8 Å². The van der Waals surface area contributed by atoms with Crippen molar-refractivity contribution in [1.82, 2.24) is 10.2 Å². The third-order valence-corrected chi connectivity index (χ3v) is 4.77. The van der Waals surface area contributed by atoms with Crippen molar-refractivity contribution in [1.29, 1.82) is 0 Å². The van der Waals surface area contributed by atoms with Gasteiger partial charge in [-0.05, 0) is 43.2 Å². The maximum absolute atomic E-state index is 5.72. The molecule has 2 heterocycles. The number of rotatable bonds is 6. The minimum Gasteiger partial charge on any atom is -0.468 e. The molecule has 1 aliphatic carbocycles. The van der Waals surface area contributed by atoms with Crippen LogP contribution in [0.5, 0.6) is 0 Å². The zero-order valence-corrected chi connectivity index (χ0v) is 12.9. The number of likely N-dealkylation sites (tertiary alicyclic amines) is 1.